The molecular formula is C21H15BrF3N3OS. The maximum absolute atomic E-state index is 13.3. The van der Waals surface area contributed by atoms with Gasteiger partial charge in [0.1, 0.15) is 5.82 Å². The third-order valence-electron chi connectivity index (χ3n) is 5.22. The Labute approximate surface area is 183 Å². The van der Waals surface area contributed by atoms with E-state index >= 15 is 0 Å². The molecule has 1 aliphatic heterocycles. The number of nitrogens with zero attached hydrogens (tertiary/aromatic N) is 2. The molecule has 0 amide bonds. The van der Waals surface area contributed by atoms with Crippen molar-refractivity contribution in [3.8, 4) is 6.07 Å². The quantitative estimate of drug-likeness (QED) is 0.570. The Balaban J connectivity index is 1.95. The Hall–Kier alpha value is -2.57. The van der Waals surface area contributed by atoms with Crippen LogP contribution in [0.2, 0.25) is 0 Å². The molecule has 2 aromatic rings. The van der Waals surface area contributed by atoms with Gasteiger partial charge < -0.3 is 5.73 Å². The molecule has 0 spiro atoms. The van der Waals surface area contributed by atoms with Gasteiger partial charge in [0.25, 0.3) is 0 Å². The van der Waals surface area contributed by atoms with Gasteiger partial charge in [-0.1, -0.05) is 6.07 Å². The molecule has 2 heterocycles. The summed E-state index contributed by atoms with van der Waals surface area (Å²) < 4.78 is 40.6. The summed E-state index contributed by atoms with van der Waals surface area (Å²) in [4.78, 5) is 15.2. The number of ketones is 1. The molecule has 2 aliphatic rings. The van der Waals surface area contributed by atoms with Crippen LogP contribution in [-0.2, 0) is 11.0 Å². The number of hydrogen-bond acceptors (Lipinski definition) is 5. The van der Waals surface area contributed by atoms with Crippen molar-refractivity contribution in [3.63, 3.8) is 0 Å². The summed E-state index contributed by atoms with van der Waals surface area (Å²) in [7, 11) is 0. The Morgan fingerprint density at radius 2 is 2.03 bits per heavy atom. The topological polar surface area (TPSA) is 70.1 Å². The zero-order valence-electron chi connectivity index (χ0n) is 15.5. The van der Waals surface area contributed by atoms with Crippen LogP contribution >= 0.6 is 27.3 Å². The van der Waals surface area contributed by atoms with Crippen molar-refractivity contribution in [2.45, 2.75) is 31.4 Å². The predicted octanol–water partition coefficient (Wildman–Crippen LogP) is 5.83. The van der Waals surface area contributed by atoms with Crippen LogP contribution in [0.4, 0.5) is 18.9 Å². The van der Waals surface area contributed by atoms with Crippen molar-refractivity contribution < 1.29 is 18.0 Å². The first-order valence-corrected chi connectivity index (χ1v) is 10.8. The van der Waals surface area contributed by atoms with Crippen LogP contribution in [0.25, 0.3) is 0 Å². The molecule has 1 aromatic heterocycles. The molecule has 4 nitrogen and oxygen atoms in total. The molecule has 9 heteroatoms. The fourth-order valence-corrected chi connectivity index (χ4v) is 5.53. The van der Waals surface area contributed by atoms with Gasteiger partial charge in [-0.2, -0.15) is 18.4 Å². The zero-order chi connectivity index (χ0) is 21.6. The summed E-state index contributed by atoms with van der Waals surface area (Å²) in [5, 5.41) is 11.7. The molecule has 1 aliphatic carbocycles. The Morgan fingerprint density at radius 3 is 2.67 bits per heavy atom. The van der Waals surface area contributed by atoms with Crippen LogP contribution in [0.15, 0.2) is 62.8 Å². The van der Waals surface area contributed by atoms with E-state index in [0.717, 1.165) is 21.5 Å². The van der Waals surface area contributed by atoms with Crippen molar-refractivity contribution in [3.05, 3.63) is 73.3 Å². The van der Waals surface area contributed by atoms with Gasteiger partial charge in [-0.3, -0.25) is 9.69 Å². The maximum Gasteiger partial charge on any atom is 0.416 e. The van der Waals surface area contributed by atoms with Gasteiger partial charge >= 0.3 is 6.18 Å². The van der Waals surface area contributed by atoms with E-state index in [9.17, 15) is 23.2 Å². The van der Waals surface area contributed by atoms with E-state index in [-0.39, 0.29) is 22.9 Å². The van der Waals surface area contributed by atoms with E-state index in [1.54, 1.807) is 0 Å². The van der Waals surface area contributed by atoms with Crippen LogP contribution in [0, 0.1) is 11.3 Å². The second-order valence-electron chi connectivity index (χ2n) is 7.03. The number of hydrogen-bond donors (Lipinski definition) is 1. The van der Waals surface area contributed by atoms with Gasteiger partial charge in [0.05, 0.1) is 23.1 Å². The minimum atomic E-state index is -4.52. The minimum Gasteiger partial charge on any atom is -0.384 e. The Morgan fingerprint density at radius 1 is 1.27 bits per heavy atom. The van der Waals surface area contributed by atoms with Crippen LogP contribution in [0.1, 0.15) is 35.6 Å². The van der Waals surface area contributed by atoms with E-state index in [1.165, 1.54) is 28.4 Å². The van der Waals surface area contributed by atoms with Crippen LogP contribution in [-0.4, -0.2) is 5.78 Å². The van der Waals surface area contributed by atoms with E-state index in [2.05, 4.69) is 22.0 Å². The van der Waals surface area contributed by atoms with E-state index < -0.39 is 17.7 Å². The first-order valence-electron chi connectivity index (χ1n) is 9.09. The average molecular weight is 494 g/mol. The molecule has 1 unspecified atom stereocenters. The molecule has 154 valence electrons. The monoisotopic (exact) mass is 493 g/mol. The number of carbonyl (C=O) groups is 1. The Kier molecular flexibility index (Phi) is 5.24. The maximum atomic E-state index is 13.3. The molecule has 0 fully saturated rings. The van der Waals surface area contributed by atoms with Crippen molar-refractivity contribution in [1.29, 1.82) is 5.26 Å². The number of thiophene rings is 1. The van der Waals surface area contributed by atoms with Gasteiger partial charge in [0.2, 0.25) is 0 Å². The lowest BCUT2D eigenvalue weighted by Gasteiger charge is -2.39. The number of halogens is 4. The highest BCUT2D eigenvalue weighted by Gasteiger charge is 2.41. The van der Waals surface area contributed by atoms with Gasteiger partial charge in [0.15, 0.2) is 5.78 Å². The molecule has 0 saturated carbocycles. The summed E-state index contributed by atoms with van der Waals surface area (Å²) in [6, 6.07) is 8.72. The third-order valence-corrected chi connectivity index (χ3v) is 6.98. The smallest absolute Gasteiger partial charge is 0.384 e. The van der Waals surface area contributed by atoms with Crippen molar-refractivity contribution in [1.82, 2.24) is 0 Å². The fourth-order valence-electron chi connectivity index (χ4n) is 3.97. The highest BCUT2D eigenvalue weighted by atomic mass is 79.9. The largest absolute Gasteiger partial charge is 0.416 e. The first kappa shape index (κ1) is 20.7. The first-order chi connectivity index (χ1) is 14.2. The highest BCUT2D eigenvalue weighted by Crippen LogP contribution is 2.48. The molecule has 30 heavy (non-hydrogen) atoms. The summed E-state index contributed by atoms with van der Waals surface area (Å²) in [5.41, 5.74) is 6.90. The molecule has 1 atom stereocenters. The number of rotatable bonds is 2. The Bertz CT molecular complexity index is 1140. The van der Waals surface area contributed by atoms with Crippen molar-refractivity contribution in [2.24, 2.45) is 5.73 Å². The normalized spacial score (nSPS) is 19.8. The predicted molar refractivity (Wildman–Crippen MR) is 111 cm³/mol. The number of nitriles is 1. The van der Waals surface area contributed by atoms with Crippen molar-refractivity contribution in [2.75, 3.05) is 4.90 Å². The number of nitrogens with two attached hydrogens (primary N) is 1. The molecule has 0 bridgehead atoms. The molecule has 2 N–H and O–H groups in total. The number of alkyl halides is 3. The second kappa shape index (κ2) is 7.60. The number of Topliss-reactive ketones (excluding diaryl/α,β-unsaturated/α-hetero) is 1. The summed E-state index contributed by atoms with van der Waals surface area (Å²) >= 11 is 4.79. The summed E-state index contributed by atoms with van der Waals surface area (Å²) in [5.74, 6) is -0.668. The fraction of sp³-hybridized carbons (Fsp3) is 0.238. The lowest BCUT2D eigenvalue weighted by molar-refractivity contribution is -0.137. The lowest BCUT2D eigenvalue weighted by atomic mass is 9.78. The minimum absolute atomic E-state index is 0.0554. The SMILES string of the molecule is N#CC1=C(N)N(c2cccc(C(F)(F)F)c2)C2=C(C(=O)CCC2)C1c1cc(Br)cs1. The van der Waals surface area contributed by atoms with Gasteiger partial charge in [-0.25, -0.2) is 0 Å². The second-order valence-corrected chi connectivity index (χ2v) is 8.89. The van der Waals surface area contributed by atoms with Crippen LogP contribution < -0.4 is 10.6 Å². The molecule has 4 rings (SSSR count). The molecule has 0 radical (unpaired) electrons. The number of benzene rings is 1. The molecule has 1 aromatic carbocycles. The standard InChI is InChI=1S/C21H15BrF3N3OS/c22-12-8-17(30-10-12)18-14(9-26)20(27)28(15-5-2-6-16(29)19(15)18)13-4-1-3-11(7-13)21(23,24)25/h1,3-4,7-8,10,18H,2,5-6,27H2. The molecular weight excluding hydrogens is 479 g/mol. The number of allylic oxidation sites excluding steroid dienone is 3. The van der Waals surface area contributed by atoms with E-state index in [0.29, 0.717) is 30.5 Å². The van der Waals surface area contributed by atoms with Crippen LogP contribution in [0.3, 0.4) is 0 Å². The lowest BCUT2D eigenvalue weighted by Crippen LogP contribution is -2.38. The van der Waals surface area contributed by atoms with Crippen LogP contribution in [0.5, 0.6) is 0 Å². The van der Waals surface area contributed by atoms with Gasteiger partial charge in [-0.15, -0.1) is 11.3 Å². The number of anilines is 1. The molecule has 0 saturated heterocycles. The average Bonchev–Trinajstić information content (AvgIpc) is 3.12. The van der Waals surface area contributed by atoms with Gasteiger partial charge in [0, 0.05) is 38.1 Å². The highest BCUT2D eigenvalue weighted by molar-refractivity contribution is 9.10. The van der Waals surface area contributed by atoms with E-state index in [4.69, 9.17) is 5.73 Å². The van der Waals surface area contributed by atoms with Crippen molar-refractivity contribution >= 4 is 38.7 Å². The summed E-state index contributed by atoms with van der Waals surface area (Å²) in [6.07, 6.45) is -3.13. The zero-order valence-corrected chi connectivity index (χ0v) is 17.9. The van der Waals surface area contributed by atoms with Gasteiger partial charge in [-0.05, 0) is 53.0 Å². The van der Waals surface area contributed by atoms with E-state index in [1.807, 2.05) is 11.4 Å². The summed E-state index contributed by atoms with van der Waals surface area (Å²) in [6.45, 7) is 0. The third kappa shape index (κ3) is 3.44. The number of carbonyl (C=O) groups excluding carboxylic acids is 1.